The van der Waals surface area contributed by atoms with Crippen LogP contribution in [0.15, 0.2) is 84.9 Å². The van der Waals surface area contributed by atoms with Crippen molar-refractivity contribution in [1.29, 1.82) is 0 Å². The Morgan fingerprint density at radius 3 is 2.26 bits per heavy atom. The molecule has 3 aliphatic rings. The normalized spacial score (nSPS) is 24.5. The van der Waals surface area contributed by atoms with Crippen LogP contribution in [0.2, 0.25) is 0 Å². The summed E-state index contributed by atoms with van der Waals surface area (Å²) < 4.78 is 23.9. The summed E-state index contributed by atoms with van der Waals surface area (Å²) >= 11 is 0. The molecule has 0 bridgehead atoms. The van der Waals surface area contributed by atoms with Crippen LogP contribution in [0.1, 0.15) is 71.0 Å². The number of esters is 2. The minimum Gasteiger partial charge on any atom is -0.504 e. The maximum atomic E-state index is 13.7. The first kappa shape index (κ1) is 37.1. The molecular formula is C45H48O9. The number of allylic oxidation sites excluding steroid dienone is 1. The highest BCUT2D eigenvalue weighted by atomic mass is 16.6. The number of hydrogen-bond acceptors (Lipinski definition) is 9. The number of benzene rings is 4. The van der Waals surface area contributed by atoms with E-state index in [0.717, 1.165) is 39.8 Å². The van der Waals surface area contributed by atoms with Crippen LogP contribution in [0, 0.1) is 17.3 Å². The van der Waals surface area contributed by atoms with Gasteiger partial charge in [-0.1, -0.05) is 66.7 Å². The minimum absolute atomic E-state index is 0.0256. The van der Waals surface area contributed by atoms with Crippen molar-refractivity contribution in [3.63, 3.8) is 0 Å². The topological polar surface area (TPSA) is 132 Å². The van der Waals surface area contributed by atoms with E-state index in [2.05, 4.69) is 24.3 Å². The summed E-state index contributed by atoms with van der Waals surface area (Å²) in [6.07, 6.45) is 6.60. The number of phenols is 2. The molecule has 1 saturated carbocycles. The van der Waals surface area contributed by atoms with Crippen molar-refractivity contribution in [2.45, 2.75) is 76.6 Å². The predicted molar refractivity (Wildman–Crippen MR) is 203 cm³/mol. The molecule has 9 heteroatoms. The maximum absolute atomic E-state index is 13.7. The number of carbonyl (C=O) groups excluding carboxylic acids is 2. The van der Waals surface area contributed by atoms with Gasteiger partial charge in [0.15, 0.2) is 23.0 Å². The first-order valence-corrected chi connectivity index (χ1v) is 18.7. The molecule has 6 atom stereocenters. The van der Waals surface area contributed by atoms with E-state index in [1.54, 1.807) is 25.3 Å². The quantitative estimate of drug-likeness (QED) is 0.152. The lowest BCUT2D eigenvalue weighted by atomic mass is 9.49. The van der Waals surface area contributed by atoms with Crippen molar-refractivity contribution in [3.8, 4) is 23.0 Å². The number of rotatable bonds is 9. The molecule has 3 N–H and O–H groups in total. The van der Waals surface area contributed by atoms with E-state index < -0.39 is 29.6 Å². The Labute approximate surface area is 316 Å². The fourth-order valence-corrected chi connectivity index (χ4v) is 9.56. The summed E-state index contributed by atoms with van der Waals surface area (Å²) in [5, 5.41) is 31.5. The molecule has 0 aliphatic heterocycles. The average molecular weight is 733 g/mol. The monoisotopic (exact) mass is 732 g/mol. The molecule has 0 saturated heterocycles. The largest absolute Gasteiger partial charge is 0.504 e. The van der Waals surface area contributed by atoms with Crippen molar-refractivity contribution >= 4 is 18.0 Å². The van der Waals surface area contributed by atoms with Gasteiger partial charge in [-0.05, 0) is 107 Å². The zero-order valence-electron chi connectivity index (χ0n) is 31.0. The summed E-state index contributed by atoms with van der Waals surface area (Å²) in [4.78, 5) is 26.7. The third-order valence-corrected chi connectivity index (χ3v) is 11.9. The number of aryl methyl sites for hydroxylation is 1. The molecule has 9 nitrogen and oxygen atoms in total. The van der Waals surface area contributed by atoms with E-state index in [1.807, 2.05) is 48.5 Å². The molecule has 54 heavy (non-hydrogen) atoms. The molecule has 0 unspecified atom stereocenters. The van der Waals surface area contributed by atoms with E-state index in [-0.39, 0.29) is 48.7 Å². The highest BCUT2D eigenvalue weighted by Crippen LogP contribution is 2.60. The number of aliphatic hydroxyl groups excluding tert-OH is 1. The van der Waals surface area contributed by atoms with Gasteiger partial charge in [-0.3, -0.25) is 9.59 Å². The third-order valence-electron chi connectivity index (χ3n) is 11.9. The second-order valence-electron chi connectivity index (χ2n) is 15.0. The molecule has 4 aromatic rings. The van der Waals surface area contributed by atoms with Crippen LogP contribution in [0.4, 0.5) is 0 Å². The standard InChI is InChI=1S/C45H48O9/c1-27(47)53-41-23-34(54-44(50)17-29-10-7-11-30(16-29)26-46)22-36-35-24-43(52-3)39(48)19-31(35)12-13-37(36)45(15-14-28-8-5-4-6-9-28)25-33-20-40(49)42(51-2)21-32(33)18-38(41)45/h4-11,14-16,19-21,24,34,36-38,41,46,48-49H,12-13,17-18,22-23,25-26H2,1-3H3/b15-14+/t34-,36-,37-,38+,41+,45+/m0/s1. The lowest BCUT2D eigenvalue weighted by Crippen LogP contribution is -2.54. The van der Waals surface area contributed by atoms with Crippen molar-refractivity contribution in [2.24, 2.45) is 17.3 Å². The van der Waals surface area contributed by atoms with Gasteiger partial charge in [-0.2, -0.15) is 0 Å². The van der Waals surface area contributed by atoms with Crippen LogP contribution in [0.3, 0.4) is 0 Å². The van der Waals surface area contributed by atoms with Crippen molar-refractivity contribution in [1.82, 2.24) is 0 Å². The zero-order valence-corrected chi connectivity index (χ0v) is 31.0. The van der Waals surface area contributed by atoms with Crippen LogP contribution in [0.25, 0.3) is 6.08 Å². The number of fused-ring (bicyclic) bond motifs is 6. The number of carbonyl (C=O) groups is 2. The van der Waals surface area contributed by atoms with E-state index >= 15 is 0 Å². The van der Waals surface area contributed by atoms with Crippen molar-refractivity contribution < 1.29 is 43.9 Å². The van der Waals surface area contributed by atoms with Gasteiger partial charge < -0.3 is 34.3 Å². The maximum Gasteiger partial charge on any atom is 0.310 e. The second-order valence-corrected chi connectivity index (χ2v) is 15.0. The Balaban J connectivity index is 1.39. The molecule has 0 spiro atoms. The summed E-state index contributed by atoms with van der Waals surface area (Å²) in [7, 11) is 3.07. The Kier molecular flexibility index (Phi) is 10.7. The Bertz CT molecular complexity index is 2040. The number of aliphatic hydroxyl groups is 1. The van der Waals surface area contributed by atoms with E-state index in [4.69, 9.17) is 18.9 Å². The number of aromatic hydroxyl groups is 2. The summed E-state index contributed by atoms with van der Waals surface area (Å²) in [5.74, 6) is -0.301. The smallest absolute Gasteiger partial charge is 0.310 e. The third kappa shape index (κ3) is 7.42. The zero-order chi connectivity index (χ0) is 38.0. The molecule has 3 aliphatic carbocycles. The molecule has 282 valence electrons. The molecule has 4 aromatic carbocycles. The van der Waals surface area contributed by atoms with Crippen molar-refractivity contribution in [3.05, 3.63) is 124 Å². The summed E-state index contributed by atoms with van der Waals surface area (Å²) in [6.45, 7) is 1.29. The van der Waals surface area contributed by atoms with Gasteiger partial charge >= 0.3 is 11.9 Å². The Morgan fingerprint density at radius 1 is 0.815 bits per heavy atom. The highest BCUT2D eigenvalue weighted by molar-refractivity contribution is 5.73. The van der Waals surface area contributed by atoms with Gasteiger partial charge in [-0.15, -0.1) is 0 Å². The van der Waals surface area contributed by atoms with Gasteiger partial charge in [0.2, 0.25) is 0 Å². The van der Waals surface area contributed by atoms with Gasteiger partial charge in [0, 0.05) is 24.7 Å². The van der Waals surface area contributed by atoms with Gasteiger partial charge in [0.1, 0.15) is 12.2 Å². The number of hydrogen-bond donors (Lipinski definition) is 3. The van der Waals surface area contributed by atoms with Crippen LogP contribution >= 0.6 is 0 Å². The first-order valence-electron chi connectivity index (χ1n) is 18.7. The Hall–Kier alpha value is -5.28. The van der Waals surface area contributed by atoms with E-state index in [9.17, 15) is 24.9 Å². The minimum atomic E-state index is -0.608. The predicted octanol–water partition coefficient (Wildman–Crippen LogP) is 7.25. The average Bonchev–Trinajstić information content (AvgIpc) is 3.15. The van der Waals surface area contributed by atoms with Crippen LogP contribution in [-0.4, -0.2) is 53.7 Å². The molecule has 0 amide bonds. The summed E-state index contributed by atoms with van der Waals surface area (Å²) in [5.41, 5.74) is 5.99. The van der Waals surface area contributed by atoms with Gasteiger partial charge in [-0.25, -0.2) is 0 Å². The summed E-state index contributed by atoms with van der Waals surface area (Å²) in [6, 6.07) is 24.8. The lowest BCUT2D eigenvalue weighted by molar-refractivity contribution is -0.164. The van der Waals surface area contributed by atoms with Crippen LogP contribution in [0.5, 0.6) is 23.0 Å². The van der Waals surface area contributed by atoms with Crippen LogP contribution in [-0.2, 0) is 51.4 Å². The molecule has 0 aromatic heterocycles. The molecular weight excluding hydrogens is 684 g/mol. The number of phenolic OH excluding ortho intramolecular Hbond substituents is 2. The fraction of sp³-hybridized carbons (Fsp3) is 0.378. The Morgan fingerprint density at radius 2 is 1.54 bits per heavy atom. The fourth-order valence-electron chi connectivity index (χ4n) is 9.56. The molecule has 0 heterocycles. The van der Waals surface area contributed by atoms with Crippen LogP contribution < -0.4 is 9.47 Å². The highest BCUT2D eigenvalue weighted by Gasteiger charge is 2.56. The second kappa shape index (κ2) is 15.6. The van der Waals surface area contributed by atoms with E-state index in [1.165, 1.54) is 14.0 Å². The van der Waals surface area contributed by atoms with Crippen molar-refractivity contribution in [2.75, 3.05) is 14.2 Å². The lowest BCUT2D eigenvalue weighted by Gasteiger charge is -2.56. The number of ether oxygens (including phenoxy) is 4. The first-order chi connectivity index (χ1) is 26.1. The van der Waals surface area contributed by atoms with Gasteiger partial charge in [0.25, 0.3) is 0 Å². The molecule has 7 rings (SSSR count). The molecule has 0 radical (unpaired) electrons. The SMILES string of the molecule is COc1cc2c(cc1O)C[C@@]1(/C=C/c3ccccc3)[C@H](C2)[C@H](OC(C)=O)C[C@@H](OC(=O)Cc2cccc(CO)c2)C[C@H]2c3cc(OC)c(O)cc3CC[C@@H]21. The number of methoxy groups -OCH3 is 2. The van der Waals surface area contributed by atoms with E-state index in [0.29, 0.717) is 42.7 Å². The molecule has 1 fully saturated rings. The van der Waals surface area contributed by atoms with Gasteiger partial charge in [0.05, 0.1) is 27.2 Å².